The van der Waals surface area contributed by atoms with Gasteiger partial charge in [-0.3, -0.25) is 9.00 Å². The van der Waals surface area contributed by atoms with Gasteiger partial charge in [-0.15, -0.1) is 10.2 Å². The third kappa shape index (κ3) is 4.46. The van der Waals surface area contributed by atoms with Crippen molar-refractivity contribution in [3.05, 3.63) is 40.7 Å². The average molecular weight is 383 g/mol. The molecule has 6 nitrogen and oxygen atoms in total. The lowest BCUT2D eigenvalue weighted by atomic mass is 10.1. The number of hydrogen-bond acceptors (Lipinski definition) is 4. The van der Waals surface area contributed by atoms with Gasteiger partial charge in [0.1, 0.15) is 21.9 Å². The summed E-state index contributed by atoms with van der Waals surface area (Å²) in [5.41, 5.74) is 0.927. The molecule has 136 valence electrons. The minimum atomic E-state index is -1.59. The van der Waals surface area contributed by atoms with Crippen molar-refractivity contribution >= 4 is 28.3 Å². The summed E-state index contributed by atoms with van der Waals surface area (Å²) in [4.78, 5) is 12.5. The molecule has 0 fully saturated rings. The van der Waals surface area contributed by atoms with Gasteiger partial charge in [-0.25, -0.2) is 0 Å². The van der Waals surface area contributed by atoms with Crippen molar-refractivity contribution in [2.75, 3.05) is 0 Å². The maximum absolute atomic E-state index is 12.7. The first-order valence-corrected chi connectivity index (χ1v) is 9.67. The summed E-state index contributed by atoms with van der Waals surface area (Å²) in [7, 11) is 0.182. The number of nitrogens with one attached hydrogen (secondary N) is 1. The lowest BCUT2D eigenvalue weighted by Crippen LogP contribution is -2.37. The van der Waals surface area contributed by atoms with Crippen LogP contribution in [-0.4, -0.2) is 30.1 Å². The van der Waals surface area contributed by atoms with Crippen LogP contribution < -0.4 is 5.32 Å². The van der Waals surface area contributed by atoms with Gasteiger partial charge in [0.15, 0.2) is 0 Å². The Bertz CT molecular complexity index is 773. The number of benzene rings is 1. The molecule has 0 unspecified atom stereocenters. The summed E-state index contributed by atoms with van der Waals surface area (Å²) >= 11 is 5.88. The average Bonchev–Trinajstić information content (AvgIpc) is 2.95. The van der Waals surface area contributed by atoms with E-state index >= 15 is 0 Å². The number of hydrogen-bond donors (Lipinski definition) is 1. The third-order valence-electron chi connectivity index (χ3n) is 3.98. The van der Waals surface area contributed by atoms with E-state index in [2.05, 4.69) is 15.5 Å². The molecule has 3 atom stereocenters. The van der Waals surface area contributed by atoms with Gasteiger partial charge in [-0.1, -0.05) is 37.6 Å². The number of halogens is 1. The van der Waals surface area contributed by atoms with Gasteiger partial charge in [0, 0.05) is 18.0 Å². The lowest BCUT2D eigenvalue weighted by molar-refractivity contribution is -0.121. The fourth-order valence-electron chi connectivity index (χ4n) is 2.42. The number of nitrogens with zero attached hydrogens (tertiary/aromatic N) is 3. The van der Waals surface area contributed by atoms with Crippen molar-refractivity contribution in [2.24, 2.45) is 7.05 Å². The zero-order valence-corrected chi connectivity index (χ0v) is 16.6. The highest BCUT2D eigenvalue weighted by molar-refractivity contribution is 7.86. The molecule has 2 aromatic rings. The number of rotatable bonds is 6. The van der Waals surface area contributed by atoms with Crippen molar-refractivity contribution in [1.82, 2.24) is 20.1 Å². The standard InChI is InChI=1S/C17H23ClN4O2S/c1-10(2)15-20-21-17(22(15)5)25(24)12(4)16(23)19-11(3)13-6-8-14(18)9-7-13/h6-12H,1-5H3,(H,19,23)/t11-,12+,25+/m1/s1. The summed E-state index contributed by atoms with van der Waals surface area (Å²) < 4.78 is 14.4. The van der Waals surface area contributed by atoms with E-state index in [1.807, 2.05) is 32.9 Å². The molecule has 1 heterocycles. The highest BCUT2D eigenvalue weighted by Crippen LogP contribution is 2.18. The molecule has 0 aliphatic carbocycles. The van der Waals surface area contributed by atoms with Crippen LogP contribution in [0.25, 0.3) is 0 Å². The van der Waals surface area contributed by atoms with Crippen LogP contribution in [-0.2, 0) is 22.6 Å². The molecule has 0 spiro atoms. The summed E-state index contributed by atoms with van der Waals surface area (Å²) in [5, 5.41) is 11.2. The largest absolute Gasteiger partial charge is 0.349 e. The molecule has 1 amide bonds. The molecule has 1 aromatic carbocycles. The Labute approximate surface area is 155 Å². The van der Waals surface area contributed by atoms with E-state index in [4.69, 9.17) is 11.6 Å². The monoisotopic (exact) mass is 382 g/mol. The Kier molecular flexibility index (Phi) is 6.35. The Morgan fingerprint density at radius 2 is 1.76 bits per heavy atom. The maximum Gasteiger partial charge on any atom is 0.236 e. The first-order valence-electron chi connectivity index (χ1n) is 8.08. The maximum atomic E-state index is 12.7. The molecule has 1 aromatic heterocycles. The van der Waals surface area contributed by atoms with Gasteiger partial charge in [0.25, 0.3) is 0 Å². The fourth-order valence-corrected chi connectivity index (χ4v) is 3.61. The molecule has 2 rings (SSSR count). The van der Waals surface area contributed by atoms with Crippen molar-refractivity contribution in [2.45, 2.75) is 50.1 Å². The molecule has 0 aliphatic heterocycles. The predicted octanol–water partition coefficient (Wildman–Crippen LogP) is 2.97. The van der Waals surface area contributed by atoms with Gasteiger partial charge in [-0.05, 0) is 31.5 Å². The van der Waals surface area contributed by atoms with Crippen LogP contribution >= 0.6 is 11.6 Å². The second-order valence-corrected chi connectivity index (χ2v) is 8.38. The molecule has 0 aliphatic rings. The Morgan fingerprint density at radius 1 is 1.16 bits per heavy atom. The van der Waals surface area contributed by atoms with E-state index in [9.17, 15) is 9.00 Å². The van der Waals surface area contributed by atoms with E-state index < -0.39 is 16.0 Å². The van der Waals surface area contributed by atoms with Crippen LogP contribution in [0.5, 0.6) is 0 Å². The first kappa shape index (κ1) is 19.6. The minimum absolute atomic E-state index is 0.164. The van der Waals surface area contributed by atoms with Gasteiger partial charge < -0.3 is 9.88 Å². The van der Waals surface area contributed by atoms with Crippen LogP contribution in [0.1, 0.15) is 51.0 Å². The van der Waals surface area contributed by atoms with Gasteiger partial charge in [0.05, 0.1) is 6.04 Å². The van der Waals surface area contributed by atoms with Crippen molar-refractivity contribution in [3.63, 3.8) is 0 Å². The van der Waals surface area contributed by atoms with Crippen molar-refractivity contribution in [1.29, 1.82) is 0 Å². The predicted molar refractivity (Wildman–Crippen MR) is 99.0 cm³/mol. The molecule has 8 heteroatoms. The van der Waals surface area contributed by atoms with Gasteiger partial charge in [-0.2, -0.15) is 0 Å². The molecular weight excluding hydrogens is 360 g/mol. The fraction of sp³-hybridized carbons (Fsp3) is 0.471. The summed E-state index contributed by atoms with van der Waals surface area (Å²) in [6.07, 6.45) is 0. The summed E-state index contributed by atoms with van der Waals surface area (Å²) in [6, 6.07) is 7.04. The van der Waals surface area contributed by atoms with Crippen LogP contribution in [0.2, 0.25) is 5.02 Å². The normalized spacial score (nSPS) is 15.0. The summed E-state index contributed by atoms with van der Waals surface area (Å²) in [5.74, 6) is 0.609. The lowest BCUT2D eigenvalue weighted by Gasteiger charge is -2.17. The number of carbonyl (C=O) groups excluding carboxylic acids is 1. The topological polar surface area (TPSA) is 76.9 Å². The van der Waals surface area contributed by atoms with E-state index in [0.717, 1.165) is 11.4 Å². The summed E-state index contributed by atoms with van der Waals surface area (Å²) in [6.45, 7) is 7.47. The van der Waals surface area contributed by atoms with Gasteiger partial charge >= 0.3 is 0 Å². The highest BCUT2D eigenvalue weighted by Gasteiger charge is 2.27. The van der Waals surface area contributed by atoms with Crippen LogP contribution in [0, 0.1) is 0 Å². The highest BCUT2D eigenvalue weighted by atomic mass is 35.5. The van der Waals surface area contributed by atoms with Crippen LogP contribution in [0.3, 0.4) is 0 Å². The molecule has 0 saturated carbocycles. The Hall–Kier alpha value is -1.73. The van der Waals surface area contributed by atoms with Crippen LogP contribution in [0.15, 0.2) is 29.4 Å². The van der Waals surface area contributed by atoms with Crippen molar-refractivity contribution < 1.29 is 9.00 Å². The number of amides is 1. The van der Waals surface area contributed by atoms with Crippen molar-refractivity contribution in [3.8, 4) is 0 Å². The molecule has 1 N–H and O–H groups in total. The molecule has 0 saturated heterocycles. The van der Waals surface area contributed by atoms with E-state index in [1.54, 1.807) is 30.7 Å². The molecular formula is C17H23ClN4O2S. The third-order valence-corrected chi connectivity index (χ3v) is 5.81. The quantitative estimate of drug-likeness (QED) is 0.833. The van der Waals surface area contributed by atoms with E-state index in [-0.39, 0.29) is 17.9 Å². The van der Waals surface area contributed by atoms with E-state index in [0.29, 0.717) is 10.2 Å². The second kappa shape index (κ2) is 8.10. The second-order valence-electron chi connectivity index (χ2n) is 6.28. The number of carbonyl (C=O) groups is 1. The Morgan fingerprint density at radius 3 is 2.28 bits per heavy atom. The minimum Gasteiger partial charge on any atom is -0.349 e. The zero-order chi connectivity index (χ0) is 18.7. The zero-order valence-electron chi connectivity index (χ0n) is 15.0. The SMILES string of the molecule is CC(C)c1nnc([S@@](=O)[C@@H](C)C(=O)N[C@H](C)c2ccc(Cl)cc2)n1C. The number of aromatic nitrogens is 3. The van der Waals surface area contributed by atoms with E-state index in [1.165, 1.54) is 0 Å². The van der Waals surface area contributed by atoms with Crippen LogP contribution in [0.4, 0.5) is 0 Å². The molecule has 0 bridgehead atoms. The first-order chi connectivity index (χ1) is 11.7. The molecule has 0 radical (unpaired) electrons. The smallest absolute Gasteiger partial charge is 0.236 e. The molecule has 25 heavy (non-hydrogen) atoms. The Balaban J connectivity index is 2.08. The van der Waals surface area contributed by atoms with Gasteiger partial charge in [0.2, 0.25) is 11.1 Å².